The van der Waals surface area contributed by atoms with E-state index in [9.17, 15) is 0 Å². The van der Waals surface area contributed by atoms with Gasteiger partial charge in [-0.1, -0.05) is 51.8 Å². The molecule has 1 fully saturated rings. The van der Waals surface area contributed by atoms with Crippen molar-refractivity contribution >= 4 is 0 Å². The number of hydrogen-bond donors (Lipinski definition) is 0. The minimum Gasteiger partial charge on any atom is -0.441 e. The van der Waals surface area contributed by atoms with E-state index >= 15 is 0 Å². The second-order valence-corrected chi connectivity index (χ2v) is 7.33. The van der Waals surface area contributed by atoms with Gasteiger partial charge in [-0.2, -0.15) is 0 Å². The SMILES string of the molecule is Cc1oc(-c2ccccc2)nc1C1(C(C)(C)C)CCCC1. The highest BCUT2D eigenvalue weighted by Gasteiger charge is 2.48. The van der Waals surface area contributed by atoms with E-state index in [1.165, 1.54) is 31.4 Å². The molecular weight excluding hydrogens is 258 g/mol. The van der Waals surface area contributed by atoms with E-state index in [1.54, 1.807) is 0 Å². The number of aromatic nitrogens is 1. The van der Waals surface area contributed by atoms with Crippen molar-refractivity contribution in [2.75, 3.05) is 0 Å². The van der Waals surface area contributed by atoms with E-state index in [0.29, 0.717) is 0 Å². The molecule has 1 aromatic carbocycles. The Morgan fingerprint density at radius 3 is 2.24 bits per heavy atom. The third-order valence-electron chi connectivity index (χ3n) is 5.16. The zero-order chi connectivity index (χ0) is 15.1. The Bertz CT molecular complexity index is 613. The molecule has 1 aromatic heterocycles. The van der Waals surface area contributed by atoms with Crippen molar-refractivity contribution in [2.45, 2.75) is 58.8 Å². The molecule has 0 saturated heterocycles. The molecule has 1 aliphatic rings. The van der Waals surface area contributed by atoms with Crippen LogP contribution in [0.1, 0.15) is 57.9 Å². The maximum absolute atomic E-state index is 6.02. The molecule has 2 aromatic rings. The fourth-order valence-corrected chi connectivity index (χ4v) is 3.87. The quantitative estimate of drug-likeness (QED) is 0.726. The molecule has 0 aliphatic heterocycles. The van der Waals surface area contributed by atoms with Gasteiger partial charge in [0, 0.05) is 11.0 Å². The predicted octanol–water partition coefficient (Wildman–Crippen LogP) is 5.51. The van der Waals surface area contributed by atoms with Crippen LogP contribution in [-0.4, -0.2) is 4.98 Å². The van der Waals surface area contributed by atoms with Gasteiger partial charge in [0.25, 0.3) is 0 Å². The Morgan fingerprint density at radius 2 is 1.67 bits per heavy atom. The van der Waals surface area contributed by atoms with Gasteiger partial charge in [0.15, 0.2) is 0 Å². The first kappa shape index (κ1) is 14.4. The molecule has 0 radical (unpaired) electrons. The minimum absolute atomic E-state index is 0.160. The van der Waals surface area contributed by atoms with Crippen molar-refractivity contribution in [1.82, 2.24) is 4.98 Å². The Morgan fingerprint density at radius 1 is 1.05 bits per heavy atom. The van der Waals surface area contributed by atoms with Crippen molar-refractivity contribution in [1.29, 1.82) is 0 Å². The summed E-state index contributed by atoms with van der Waals surface area (Å²) >= 11 is 0. The van der Waals surface area contributed by atoms with Gasteiger partial charge >= 0.3 is 0 Å². The van der Waals surface area contributed by atoms with Crippen molar-refractivity contribution < 1.29 is 4.42 Å². The highest BCUT2D eigenvalue weighted by Crippen LogP contribution is 2.53. The number of aryl methyl sites for hydroxylation is 1. The fraction of sp³-hybridized carbons (Fsp3) is 0.526. The standard InChI is InChI=1S/C19H25NO/c1-14-16(19(18(2,3)4)12-8-9-13-19)20-17(21-14)15-10-6-5-7-11-15/h5-7,10-11H,8-9,12-13H2,1-4H3. The van der Waals surface area contributed by atoms with Gasteiger partial charge in [-0.3, -0.25) is 0 Å². The molecule has 0 unspecified atom stereocenters. The van der Waals surface area contributed by atoms with Crippen LogP contribution >= 0.6 is 0 Å². The predicted molar refractivity (Wildman–Crippen MR) is 86.3 cm³/mol. The number of oxazole rings is 1. The van der Waals surface area contributed by atoms with Gasteiger partial charge < -0.3 is 4.42 Å². The lowest BCUT2D eigenvalue weighted by Gasteiger charge is -2.41. The molecule has 0 spiro atoms. The lowest BCUT2D eigenvalue weighted by Crippen LogP contribution is -2.38. The van der Waals surface area contributed by atoms with Crippen molar-refractivity contribution in [3.63, 3.8) is 0 Å². The average molecular weight is 283 g/mol. The zero-order valence-corrected chi connectivity index (χ0v) is 13.6. The lowest BCUT2D eigenvalue weighted by molar-refractivity contribution is 0.180. The molecule has 1 saturated carbocycles. The van der Waals surface area contributed by atoms with Crippen LogP contribution in [0, 0.1) is 12.3 Å². The molecular formula is C19H25NO. The normalized spacial score (nSPS) is 18.1. The fourth-order valence-electron chi connectivity index (χ4n) is 3.87. The van der Waals surface area contributed by atoms with Crippen LogP contribution in [0.4, 0.5) is 0 Å². The highest BCUT2D eigenvalue weighted by atomic mass is 16.4. The van der Waals surface area contributed by atoms with E-state index in [-0.39, 0.29) is 10.8 Å². The van der Waals surface area contributed by atoms with Gasteiger partial charge in [0.1, 0.15) is 5.76 Å². The Labute approximate surface area is 127 Å². The third kappa shape index (κ3) is 2.31. The van der Waals surface area contributed by atoms with Crippen LogP contribution in [0.2, 0.25) is 0 Å². The van der Waals surface area contributed by atoms with Crippen molar-refractivity contribution in [2.24, 2.45) is 5.41 Å². The summed E-state index contributed by atoms with van der Waals surface area (Å²) in [4.78, 5) is 4.93. The molecule has 1 aliphatic carbocycles. The van der Waals surface area contributed by atoms with Crippen LogP contribution in [0.5, 0.6) is 0 Å². The Kier molecular flexibility index (Phi) is 3.43. The summed E-state index contributed by atoms with van der Waals surface area (Å²) in [5, 5.41) is 0. The lowest BCUT2D eigenvalue weighted by atomic mass is 9.63. The van der Waals surface area contributed by atoms with E-state index in [2.05, 4.69) is 39.8 Å². The molecule has 21 heavy (non-hydrogen) atoms. The molecule has 1 heterocycles. The van der Waals surface area contributed by atoms with Gasteiger partial charge in [0.05, 0.1) is 5.69 Å². The Hall–Kier alpha value is -1.57. The molecule has 2 nitrogen and oxygen atoms in total. The minimum atomic E-state index is 0.160. The topological polar surface area (TPSA) is 26.0 Å². The van der Waals surface area contributed by atoms with Crippen LogP contribution < -0.4 is 0 Å². The highest BCUT2D eigenvalue weighted by molar-refractivity contribution is 5.53. The summed E-state index contributed by atoms with van der Waals surface area (Å²) < 4.78 is 6.02. The first-order chi connectivity index (χ1) is 9.94. The number of hydrogen-bond acceptors (Lipinski definition) is 2. The van der Waals surface area contributed by atoms with Crippen LogP contribution in [0.3, 0.4) is 0 Å². The van der Waals surface area contributed by atoms with E-state index < -0.39 is 0 Å². The first-order valence-corrected chi connectivity index (χ1v) is 7.97. The number of rotatable bonds is 2. The summed E-state index contributed by atoms with van der Waals surface area (Å²) in [5.41, 5.74) is 2.62. The van der Waals surface area contributed by atoms with Crippen LogP contribution in [0.15, 0.2) is 34.7 Å². The first-order valence-electron chi connectivity index (χ1n) is 7.97. The Balaban J connectivity index is 2.09. The molecule has 3 rings (SSSR count). The summed E-state index contributed by atoms with van der Waals surface area (Å²) in [6, 6.07) is 10.2. The van der Waals surface area contributed by atoms with E-state index in [0.717, 1.165) is 17.2 Å². The van der Waals surface area contributed by atoms with Crippen LogP contribution in [-0.2, 0) is 5.41 Å². The summed E-state index contributed by atoms with van der Waals surface area (Å²) in [6.45, 7) is 9.10. The van der Waals surface area contributed by atoms with Crippen molar-refractivity contribution in [3.05, 3.63) is 41.8 Å². The molecule has 0 N–H and O–H groups in total. The summed E-state index contributed by atoms with van der Waals surface area (Å²) in [6.07, 6.45) is 5.03. The second kappa shape index (κ2) is 5.01. The van der Waals surface area contributed by atoms with Gasteiger partial charge in [-0.15, -0.1) is 0 Å². The maximum atomic E-state index is 6.02. The van der Waals surface area contributed by atoms with Crippen molar-refractivity contribution in [3.8, 4) is 11.5 Å². The summed E-state index contributed by atoms with van der Waals surface area (Å²) in [7, 11) is 0. The smallest absolute Gasteiger partial charge is 0.226 e. The second-order valence-electron chi connectivity index (χ2n) is 7.33. The molecule has 2 heteroatoms. The van der Waals surface area contributed by atoms with Crippen LogP contribution in [0.25, 0.3) is 11.5 Å². The summed E-state index contributed by atoms with van der Waals surface area (Å²) in [5.74, 6) is 1.75. The monoisotopic (exact) mass is 283 g/mol. The third-order valence-corrected chi connectivity index (χ3v) is 5.16. The molecule has 0 amide bonds. The number of benzene rings is 1. The largest absolute Gasteiger partial charge is 0.441 e. The van der Waals surface area contributed by atoms with Gasteiger partial charge in [-0.25, -0.2) is 4.98 Å². The van der Waals surface area contributed by atoms with E-state index in [4.69, 9.17) is 9.40 Å². The maximum Gasteiger partial charge on any atom is 0.226 e. The van der Waals surface area contributed by atoms with E-state index in [1.807, 2.05) is 18.2 Å². The van der Waals surface area contributed by atoms with Gasteiger partial charge in [-0.05, 0) is 37.3 Å². The molecule has 0 atom stereocenters. The average Bonchev–Trinajstić information content (AvgIpc) is 3.06. The van der Waals surface area contributed by atoms with Gasteiger partial charge in [0.2, 0.25) is 5.89 Å². The zero-order valence-electron chi connectivity index (χ0n) is 13.6. The number of nitrogens with zero attached hydrogens (tertiary/aromatic N) is 1. The molecule has 0 bridgehead atoms. The molecule has 112 valence electrons.